The third kappa shape index (κ3) is 49.4. The van der Waals surface area contributed by atoms with Crippen LogP contribution in [-0.2, 0) is 33.2 Å². The van der Waals surface area contributed by atoms with E-state index < -0.39 is 6.46 Å². The predicted molar refractivity (Wildman–Crippen MR) is 300 cm³/mol. The predicted octanol–water partition coefficient (Wildman–Crippen LogP) is 23.0. The topological polar surface area (TPSA) is 29.5 Å². The minimum atomic E-state index is -2.24. The van der Waals surface area contributed by atoms with Crippen LogP contribution in [0.3, 0.4) is 0 Å². The van der Waals surface area contributed by atoms with Crippen molar-refractivity contribution in [3.8, 4) is 0 Å². The zero-order valence-corrected chi connectivity index (χ0v) is 48.7. The Morgan fingerprint density at radius 2 is 0.512 bits per heavy atom. The van der Waals surface area contributed by atoms with E-state index in [1.807, 2.05) is 118 Å². The smallest absolute Gasteiger partial charge is 0.115 e. The van der Waals surface area contributed by atoms with Gasteiger partial charge in [0.2, 0.25) is 0 Å². The summed E-state index contributed by atoms with van der Waals surface area (Å²) in [5.74, 6) is 0. The highest BCUT2D eigenvalue weighted by molar-refractivity contribution is 9.61. The molecule has 0 rings (SSSR count). The van der Waals surface area contributed by atoms with E-state index in [1.54, 1.807) is 197 Å². The molecule has 1 N–H and O–H groups in total. The molecule has 0 aliphatic carbocycles. The maximum absolute atomic E-state index is 8.56. The fourth-order valence-corrected chi connectivity index (χ4v) is 98.0. The van der Waals surface area contributed by atoms with Crippen LogP contribution in [0, 0.1) is 0 Å². The fourth-order valence-electron chi connectivity index (χ4n) is 0.422. The van der Waals surface area contributed by atoms with Crippen LogP contribution in [-0.4, -0.2) is 5.26 Å². The number of hydrogen-bond donors (Lipinski definition) is 2. The second-order valence-corrected chi connectivity index (χ2v) is 72.0. The van der Waals surface area contributed by atoms with Gasteiger partial charge in [-0.05, 0) is 101 Å². The summed E-state index contributed by atoms with van der Waals surface area (Å²) < 4.78 is 4.10. The first-order chi connectivity index (χ1) is 20.1. The molecule has 0 heterocycles. The van der Waals surface area contributed by atoms with Gasteiger partial charge in [0, 0.05) is 265 Å². The molecule has 0 saturated heterocycles. The standard InChI is InChI=1S/H2O2S39/c1-2-41(4,5)40-39-38-37-36-35-34-33-32-31-30-29-28-27-26-25-24-23-22-21-20-19-18-17-16-15-14-13-12-11-10-9-8-7-6-3/h1,3H. The lowest BCUT2D eigenvalue weighted by molar-refractivity contribution is -0.117. The zero-order chi connectivity index (χ0) is 30.0. The highest BCUT2D eigenvalue weighted by Crippen LogP contribution is 2.67. The molecule has 0 fully saturated rings. The molecule has 41 heteroatoms. The van der Waals surface area contributed by atoms with Crippen molar-refractivity contribution in [1.82, 2.24) is 0 Å². The minimum Gasteiger partial charge on any atom is -0.238 e. The van der Waals surface area contributed by atoms with Gasteiger partial charge in [0.05, 0.1) is 0 Å². The van der Waals surface area contributed by atoms with Crippen molar-refractivity contribution in [3.05, 3.63) is 0 Å². The molecule has 0 spiro atoms. The number of rotatable bonds is 36. The summed E-state index contributed by atoms with van der Waals surface area (Å²) in [6.45, 7) is -2.24. The van der Waals surface area contributed by atoms with E-state index in [0.717, 1.165) is 0 Å². The van der Waals surface area contributed by atoms with Crippen molar-refractivity contribution in [2.45, 2.75) is 0 Å². The molecule has 2 nitrogen and oxygen atoms in total. The van der Waals surface area contributed by atoms with Crippen molar-refractivity contribution in [2.24, 2.45) is 0 Å². The lowest BCUT2D eigenvalue weighted by Gasteiger charge is -2.01. The van der Waals surface area contributed by atoms with Crippen LogP contribution in [0.25, 0.3) is 0 Å². The van der Waals surface area contributed by atoms with E-state index in [-0.39, 0.29) is 0 Å². The van der Waals surface area contributed by atoms with Gasteiger partial charge in [-0.15, -0.1) is 4.33 Å². The van der Waals surface area contributed by atoms with E-state index in [1.165, 1.54) is 29.5 Å². The largest absolute Gasteiger partial charge is 0.238 e. The average Bonchev–Trinajstić information content (AvgIpc) is 2.97. The van der Waals surface area contributed by atoms with Crippen molar-refractivity contribution < 1.29 is 9.59 Å². The zero-order valence-electron chi connectivity index (χ0n) is 16.8. The summed E-state index contributed by atoms with van der Waals surface area (Å²) in [5, 5.41) is 8.56. The van der Waals surface area contributed by atoms with E-state index >= 15 is 0 Å². The highest BCUT2D eigenvalue weighted by atomic mass is 34.1. The van der Waals surface area contributed by atoms with Crippen LogP contribution in [0.5, 0.6) is 0 Å². The first-order valence-corrected chi connectivity index (χ1v) is 57.8. The third-order valence-electron chi connectivity index (χ3n) is 1.12. The molecule has 0 aromatic rings. The second-order valence-electron chi connectivity index (χ2n) is 2.87. The van der Waals surface area contributed by atoms with Crippen LogP contribution in [0.1, 0.15) is 0 Å². The van der Waals surface area contributed by atoms with Gasteiger partial charge < -0.3 is 0 Å². The Bertz CT molecular complexity index is 564. The number of hydrogen-bond acceptors (Lipinski definition) is 40. The van der Waals surface area contributed by atoms with Crippen LogP contribution < -0.4 is 0 Å². The molecule has 0 unspecified atom stereocenters. The monoisotopic (exact) mass is 1280 g/mol. The molecule has 0 bridgehead atoms. The van der Waals surface area contributed by atoms with Crippen molar-refractivity contribution in [1.29, 1.82) is 0 Å². The average molecular weight is 1280 g/mol. The Hall–Kier alpha value is 13.3. The maximum Gasteiger partial charge on any atom is 0.115 e. The summed E-state index contributed by atoms with van der Waals surface area (Å²) >= 11 is 13.9. The Morgan fingerprint density at radius 1 is 0.341 bits per heavy atom. The highest BCUT2D eigenvalue weighted by Gasteiger charge is 2.05. The molecular weight excluding hydrogens is 1280 g/mol. The van der Waals surface area contributed by atoms with Gasteiger partial charge in [-0.1, -0.05) is 11.7 Å². The lowest BCUT2D eigenvalue weighted by atomic mass is 15.0. The summed E-state index contributed by atoms with van der Waals surface area (Å²) in [6, 6.07) is 0. The van der Waals surface area contributed by atoms with Crippen LogP contribution in [0.15, 0.2) is 0 Å². The summed E-state index contributed by atoms with van der Waals surface area (Å²) in [4.78, 5) is 0. The van der Waals surface area contributed by atoms with Crippen molar-refractivity contribution >= 4 is 384 Å². The summed E-state index contributed by atoms with van der Waals surface area (Å²) in [7, 11) is 60.8. The SMILES string of the molecule is OOS(=S)(=S)SSSSSSSSSSSSSSSSSSSSSSSSSSSSSSSSSSSS. The molecule has 0 aliphatic heterocycles. The summed E-state index contributed by atoms with van der Waals surface area (Å²) in [6.07, 6.45) is 0. The van der Waals surface area contributed by atoms with Crippen molar-refractivity contribution in [3.63, 3.8) is 0 Å². The minimum absolute atomic E-state index is 1.21. The van der Waals surface area contributed by atoms with Gasteiger partial charge in [0.15, 0.2) is 0 Å². The molecule has 0 saturated carbocycles. The van der Waals surface area contributed by atoms with Crippen LogP contribution in [0.2, 0.25) is 0 Å². The fraction of sp³-hybridized carbons (Fsp3) is 0. The van der Waals surface area contributed by atoms with Gasteiger partial charge in [0.25, 0.3) is 0 Å². The van der Waals surface area contributed by atoms with E-state index in [0.29, 0.717) is 0 Å². The second kappa shape index (κ2) is 47.7. The molecule has 0 radical (unpaired) electrons. The normalized spacial score (nSPS) is 12.0. The van der Waals surface area contributed by atoms with E-state index in [2.05, 4.69) is 16.0 Å². The van der Waals surface area contributed by atoms with E-state index in [4.69, 9.17) is 27.6 Å². The molecule has 0 aliphatic rings. The third-order valence-corrected chi connectivity index (χ3v) is 82.8. The van der Waals surface area contributed by atoms with Crippen molar-refractivity contribution in [2.75, 3.05) is 0 Å². The Balaban J connectivity index is 3.07. The molecule has 248 valence electrons. The first-order valence-electron chi connectivity index (χ1n) is 6.70. The van der Waals surface area contributed by atoms with Gasteiger partial charge in [-0.3, -0.25) is 0 Å². The first kappa shape index (κ1) is 54.3. The van der Waals surface area contributed by atoms with Gasteiger partial charge >= 0.3 is 0 Å². The Kier molecular flexibility index (Phi) is 63.2. The molecule has 0 atom stereocenters. The van der Waals surface area contributed by atoms with Gasteiger partial charge in [-0.25, -0.2) is 5.26 Å². The molecule has 41 heavy (non-hydrogen) atoms. The van der Waals surface area contributed by atoms with Gasteiger partial charge in [0.1, 0.15) is 6.46 Å². The Labute approximate surface area is 384 Å². The Morgan fingerprint density at radius 3 is 0.683 bits per heavy atom. The van der Waals surface area contributed by atoms with Crippen LogP contribution >= 0.6 is 356 Å². The molecule has 0 amide bonds. The van der Waals surface area contributed by atoms with Crippen LogP contribution in [0.4, 0.5) is 0 Å². The lowest BCUT2D eigenvalue weighted by Crippen LogP contribution is -1.88. The maximum atomic E-state index is 8.56. The van der Waals surface area contributed by atoms with E-state index in [9.17, 15) is 0 Å². The molecule has 0 aromatic carbocycles. The summed E-state index contributed by atoms with van der Waals surface area (Å²) in [5.41, 5.74) is 0. The number of thiol groups is 1. The van der Waals surface area contributed by atoms with Gasteiger partial charge in [-0.2, -0.15) is 0 Å². The molecule has 0 aromatic heterocycles. The molecular formula is H2O2S39. The quantitative estimate of drug-likeness (QED) is 0.0205.